The predicted octanol–water partition coefficient (Wildman–Crippen LogP) is 5.61. The lowest BCUT2D eigenvalue weighted by Gasteiger charge is -2.30. The lowest BCUT2D eigenvalue weighted by molar-refractivity contribution is -0.133. The molecule has 1 N–H and O–H groups in total. The summed E-state index contributed by atoms with van der Waals surface area (Å²) in [4.78, 5) is 27.9. The van der Waals surface area contributed by atoms with E-state index < -0.39 is 0 Å². The molecule has 2 heterocycles. The highest BCUT2D eigenvalue weighted by molar-refractivity contribution is 7.99. The third-order valence-corrected chi connectivity index (χ3v) is 8.58. The molecule has 1 amide bonds. The maximum atomic E-state index is 13.5. The van der Waals surface area contributed by atoms with Gasteiger partial charge in [0.25, 0.3) is 0 Å². The Labute approximate surface area is 215 Å². The molecule has 2 aliphatic heterocycles. The van der Waals surface area contributed by atoms with Crippen molar-refractivity contribution in [3.8, 4) is 5.75 Å². The fourth-order valence-electron chi connectivity index (χ4n) is 5.46. The second-order valence-electron chi connectivity index (χ2n) is 9.82. The molecule has 1 saturated heterocycles. The minimum Gasteiger partial charge on any atom is -0.496 e. The Morgan fingerprint density at radius 3 is 2.77 bits per heavy atom. The number of thioether (sulfide) groups is 1. The molecule has 7 heteroatoms. The maximum Gasteiger partial charge on any atom is 0.341 e. The molecule has 35 heavy (non-hydrogen) atoms. The summed E-state index contributed by atoms with van der Waals surface area (Å²) in [5, 5.41) is 3.25. The van der Waals surface area contributed by atoms with Crippen molar-refractivity contribution in [2.75, 3.05) is 45.1 Å². The molecule has 194 valence electrons. The van der Waals surface area contributed by atoms with E-state index in [4.69, 9.17) is 9.47 Å². The first-order chi connectivity index (χ1) is 16.8. The van der Waals surface area contributed by atoms with Crippen molar-refractivity contribution in [2.24, 2.45) is 11.8 Å². The normalized spacial score (nSPS) is 19.0. The number of unbranched alkanes of at least 4 members (excludes halogenated alkanes) is 1. The van der Waals surface area contributed by atoms with Crippen molar-refractivity contribution in [3.05, 3.63) is 33.9 Å². The van der Waals surface area contributed by atoms with Crippen molar-refractivity contribution < 1.29 is 19.1 Å². The van der Waals surface area contributed by atoms with Crippen LogP contribution in [0.15, 0.2) is 11.6 Å². The van der Waals surface area contributed by atoms with Crippen LogP contribution in [-0.4, -0.2) is 56.5 Å². The van der Waals surface area contributed by atoms with Crippen molar-refractivity contribution in [3.63, 3.8) is 0 Å². The number of allylic oxidation sites excluding steroid dienone is 1. The molecule has 0 spiro atoms. The van der Waals surface area contributed by atoms with Crippen molar-refractivity contribution in [2.45, 2.75) is 65.4 Å². The Morgan fingerprint density at radius 1 is 1.34 bits per heavy atom. The molecule has 2 atom stereocenters. The molecule has 0 aliphatic carbocycles. The zero-order chi connectivity index (χ0) is 25.5. The van der Waals surface area contributed by atoms with Gasteiger partial charge in [0.15, 0.2) is 0 Å². The van der Waals surface area contributed by atoms with E-state index in [1.165, 1.54) is 24.2 Å². The molecule has 6 nitrogen and oxygen atoms in total. The second-order valence-corrected chi connectivity index (χ2v) is 11.0. The number of ether oxygens (including phenoxy) is 2. The molecular weight excluding hydrogens is 460 g/mol. The lowest BCUT2D eigenvalue weighted by Crippen LogP contribution is -2.36. The van der Waals surface area contributed by atoms with Crippen LogP contribution in [0.1, 0.15) is 72.5 Å². The molecule has 0 bridgehead atoms. The van der Waals surface area contributed by atoms with Gasteiger partial charge in [-0.3, -0.25) is 4.79 Å². The van der Waals surface area contributed by atoms with E-state index in [1.54, 1.807) is 12.0 Å². The Bertz CT molecular complexity index is 949. The van der Waals surface area contributed by atoms with E-state index in [2.05, 4.69) is 18.3 Å². The van der Waals surface area contributed by atoms with Gasteiger partial charge < -0.3 is 19.7 Å². The third kappa shape index (κ3) is 5.99. The topological polar surface area (TPSA) is 67.9 Å². The van der Waals surface area contributed by atoms with E-state index in [0.29, 0.717) is 17.9 Å². The number of hydrogen-bond donors (Lipinski definition) is 1. The van der Waals surface area contributed by atoms with Gasteiger partial charge in [0, 0.05) is 32.3 Å². The summed E-state index contributed by atoms with van der Waals surface area (Å²) in [5.41, 5.74) is 5.41. The first kappa shape index (κ1) is 27.4. The molecule has 3 rings (SSSR count). The van der Waals surface area contributed by atoms with Crippen molar-refractivity contribution in [1.82, 2.24) is 4.90 Å². The number of nitrogens with one attached hydrogen (secondary N) is 1. The van der Waals surface area contributed by atoms with Crippen LogP contribution < -0.4 is 10.1 Å². The Hall–Kier alpha value is -2.15. The summed E-state index contributed by atoms with van der Waals surface area (Å²) < 4.78 is 11.2. The molecule has 1 aromatic carbocycles. The summed E-state index contributed by atoms with van der Waals surface area (Å²) in [6, 6.07) is 0. The predicted molar refractivity (Wildman–Crippen MR) is 145 cm³/mol. The van der Waals surface area contributed by atoms with Gasteiger partial charge in [-0.1, -0.05) is 31.4 Å². The summed E-state index contributed by atoms with van der Waals surface area (Å²) in [6.07, 6.45) is 9.38. The zero-order valence-electron chi connectivity index (χ0n) is 22.3. The van der Waals surface area contributed by atoms with Crippen LogP contribution >= 0.6 is 11.8 Å². The highest BCUT2D eigenvalue weighted by atomic mass is 32.2. The van der Waals surface area contributed by atoms with E-state index in [-0.39, 0.29) is 24.4 Å². The third-order valence-electron chi connectivity index (χ3n) is 7.34. The fourth-order valence-corrected chi connectivity index (χ4v) is 6.70. The van der Waals surface area contributed by atoms with Crippen LogP contribution in [0, 0.1) is 18.8 Å². The molecular formula is C28H42N2O4S. The first-order valence-corrected chi connectivity index (χ1v) is 14.1. The summed E-state index contributed by atoms with van der Waals surface area (Å²) in [5.74, 6) is 3.16. The van der Waals surface area contributed by atoms with Gasteiger partial charge in [-0.25, -0.2) is 4.79 Å². The van der Waals surface area contributed by atoms with Gasteiger partial charge in [0.05, 0.1) is 24.3 Å². The van der Waals surface area contributed by atoms with Gasteiger partial charge >= 0.3 is 5.97 Å². The number of rotatable bonds is 10. The van der Waals surface area contributed by atoms with E-state index in [9.17, 15) is 9.59 Å². The first-order valence-electron chi connectivity index (χ1n) is 12.9. The summed E-state index contributed by atoms with van der Waals surface area (Å²) in [6.45, 7) is 4.46. The van der Waals surface area contributed by atoms with Crippen LogP contribution in [-0.2, 0) is 22.6 Å². The highest BCUT2D eigenvalue weighted by Crippen LogP contribution is 2.42. The van der Waals surface area contributed by atoms with Crippen LogP contribution in [0.3, 0.4) is 0 Å². The van der Waals surface area contributed by atoms with Crippen LogP contribution in [0.2, 0.25) is 0 Å². The molecule has 1 fully saturated rings. The number of amides is 1. The number of fused-ring (bicyclic) bond motifs is 1. The standard InChI is InChI=1S/C28H42N2O4S/c1-7-8-11-19(23(27(31)30(4)5)20-12-9-10-15-35-17-20)13-14-21-25(29-3)24-22(16-34-28(24)32)18(2)26(21)33-6/h13,20,23,29H,7-12,14-17H2,1-6H3. The van der Waals surface area contributed by atoms with Crippen molar-refractivity contribution >= 4 is 29.3 Å². The molecule has 0 saturated carbocycles. The number of methoxy groups -OCH3 is 1. The van der Waals surface area contributed by atoms with E-state index >= 15 is 0 Å². The second kappa shape index (κ2) is 12.7. The van der Waals surface area contributed by atoms with Gasteiger partial charge in [-0.2, -0.15) is 11.8 Å². The highest BCUT2D eigenvalue weighted by Gasteiger charge is 2.34. The quantitative estimate of drug-likeness (QED) is 0.331. The number of carbonyl (C=O) groups is 2. The number of carbonyl (C=O) groups excluding carboxylic acids is 2. The number of esters is 1. The minimum atomic E-state index is -0.289. The van der Waals surface area contributed by atoms with Crippen LogP contribution in [0.5, 0.6) is 5.75 Å². The number of anilines is 1. The average Bonchev–Trinajstić information content (AvgIpc) is 3.05. The fraction of sp³-hybridized carbons (Fsp3) is 0.643. The number of nitrogens with zero attached hydrogens (tertiary/aromatic N) is 1. The summed E-state index contributed by atoms with van der Waals surface area (Å²) >= 11 is 1.99. The lowest BCUT2D eigenvalue weighted by atomic mass is 9.80. The largest absolute Gasteiger partial charge is 0.496 e. The van der Waals surface area contributed by atoms with Crippen molar-refractivity contribution in [1.29, 1.82) is 0 Å². The number of cyclic esters (lactones) is 1. The molecule has 1 aromatic rings. The summed E-state index contributed by atoms with van der Waals surface area (Å²) in [7, 11) is 7.25. The van der Waals surface area contributed by atoms with Gasteiger partial charge in [-0.05, 0) is 62.0 Å². The SMILES string of the molecule is CCCCC(=CCc1c(NC)c2c(c(C)c1OC)COC2=O)C(C(=O)N(C)C)C1CCCCSC1. The zero-order valence-corrected chi connectivity index (χ0v) is 23.1. The van der Waals surface area contributed by atoms with Gasteiger partial charge in [0.2, 0.25) is 5.91 Å². The average molecular weight is 503 g/mol. The van der Waals surface area contributed by atoms with Gasteiger partial charge in [-0.15, -0.1) is 0 Å². The molecule has 2 unspecified atom stereocenters. The maximum absolute atomic E-state index is 13.5. The Balaban J connectivity index is 2.08. The van der Waals surface area contributed by atoms with Crippen LogP contribution in [0.4, 0.5) is 5.69 Å². The monoisotopic (exact) mass is 502 g/mol. The number of benzene rings is 1. The Kier molecular flexibility index (Phi) is 9.96. The molecule has 0 radical (unpaired) electrons. The molecule has 2 aliphatic rings. The smallest absolute Gasteiger partial charge is 0.341 e. The Morgan fingerprint density at radius 2 is 2.11 bits per heavy atom. The van der Waals surface area contributed by atoms with E-state index in [0.717, 1.165) is 59.6 Å². The van der Waals surface area contributed by atoms with E-state index in [1.807, 2.05) is 39.8 Å². The number of hydrogen-bond acceptors (Lipinski definition) is 6. The minimum absolute atomic E-state index is 0.105. The van der Waals surface area contributed by atoms with Crippen LogP contribution in [0.25, 0.3) is 0 Å². The van der Waals surface area contributed by atoms with Gasteiger partial charge in [0.1, 0.15) is 12.4 Å². The molecule has 0 aromatic heterocycles.